The van der Waals surface area contributed by atoms with E-state index in [4.69, 9.17) is 10.5 Å². The molecule has 0 aliphatic rings. The number of hydrogen-bond donors (Lipinski definition) is 1. The molecule has 0 aliphatic heterocycles. The van der Waals surface area contributed by atoms with Crippen LogP contribution in [-0.2, 0) is 6.54 Å². The van der Waals surface area contributed by atoms with Crippen molar-refractivity contribution in [1.82, 2.24) is 9.78 Å². The van der Waals surface area contributed by atoms with Crippen LogP contribution < -0.4 is 16.0 Å². The largest absolute Gasteiger partial charge is 0.490 e. The summed E-state index contributed by atoms with van der Waals surface area (Å²) in [6.45, 7) is 1.21. The summed E-state index contributed by atoms with van der Waals surface area (Å²) >= 11 is 3.37. The first-order chi connectivity index (χ1) is 9.19. The van der Waals surface area contributed by atoms with Gasteiger partial charge in [0.15, 0.2) is 0 Å². The van der Waals surface area contributed by atoms with Crippen LogP contribution in [0, 0.1) is 0 Å². The zero-order chi connectivity index (χ0) is 13.7. The smallest absolute Gasteiger partial charge is 0.270 e. The lowest BCUT2D eigenvalue weighted by Gasteiger charge is -2.07. The van der Waals surface area contributed by atoms with Gasteiger partial charge in [0.1, 0.15) is 12.4 Å². The van der Waals surface area contributed by atoms with Crippen LogP contribution in [-0.4, -0.2) is 22.9 Å². The standard InChI is InChI=1S/C13H14BrN3O2/c14-11-3-1-10(2-4-11)9-17-13(18)7-12(8-16-17)19-6-5-15/h1-4,7-8H,5-6,9,15H2. The number of nitrogens with two attached hydrogens (primary N) is 1. The van der Waals surface area contributed by atoms with Crippen molar-refractivity contribution in [3.05, 3.63) is 56.9 Å². The van der Waals surface area contributed by atoms with Gasteiger partial charge in [0.2, 0.25) is 0 Å². The molecule has 0 saturated carbocycles. The van der Waals surface area contributed by atoms with E-state index < -0.39 is 0 Å². The van der Waals surface area contributed by atoms with Gasteiger partial charge in [-0.1, -0.05) is 28.1 Å². The molecule has 0 atom stereocenters. The molecule has 1 heterocycles. The fourth-order valence-corrected chi connectivity index (χ4v) is 1.82. The Morgan fingerprint density at radius 1 is 1.32 bits per heavy atom. The number of halogens is 1. The minimum Gasteiger partial charge on any atom is -0.490 e. The van der Waals surface area contributed by atoms with Gasteiger partial charge >= 0.3 is 0 Å². The van der Waals surface area contributed by atoms with E-state index in [-0.39, 0.29) is 5.56 Å². The first-order valence-corrected chi connectivity index (χ1v) is 6.63. The number of nitrogens with zero attached hydrogens (tertiary/aromatic N) is 2. The average molecular weight is 324 g/mol. The Bertz CT molecular complexity index is 596. The number of ether oxygens (including phenoxy) is 1. The summed E-state index contributed by atoms with van der Waals surface area (Å²) in [5.41, 5.74) is 6.14. The van der Waals surface area contributed by atoms with Crippen molar-refractivity contribution in [2.75, 3.05) is 13.2 Å². The molecule has 0 spiro atoms. The molecule has 0 unspecified atom stereocenters. The van der Waals surface area contributed by atoms with Gasteiger partial charge in [0, 0.05) is 17.1 Å². The van der Waals surface area contributed by atoms with Crippen molar-refractivity contribution in [2.24, 2.45) is 5.73 Å². The maximum absolute atomic E-state index is 11.9. The van der Waals surface area contributed by atoms with Crippen molar-refractivity contribution in [3.8, 4) is 5.75 Å². The molecular formula is C13H14BrN3O2. The van der Waals surface area contributed by atoms with Crippen LogP contribution in [0.2, 0.25) is 0 Å². The van der Waals surface area contributed by atoms with Gasteiger partial charge in [-0.15, -0.1) is 0 Å². The summed E-state index contributed by atoms with van der Waals surface area (Å²) in [6.07, 6.45) is 1.52. The Kier molecular flexibility index (Phi) is 4.70. The highest BCUT2D eigenvalue weighted by atomic mass is 79.9. The first kappa shape index (κ1) is 13.8. The summed E-state index contributed by atoms with van der Waals surface area (Å²) in [6, 6.07) is 9.16. The van der Waals surface area contributed by atoms with Crippen molar-refractivity contribution in [1.29, 1.82) is 0 Å². The van der Waals surface area contributed by atoms with Crippen molar-refractivity contribution >= 4 is 15.9 Å². The zero-order valence-electron chi connectivity index (χ0n) is 10.3. The van der Waals surface area contributed by atoms with Crippen LogP contribution in [0.4, 0.5) is 0 Å². The van der Waals surface area contributed by atoms with E-state index >= 15 is 0 Å². The molecule has 2 rings (SSSR count). The normalized spacial score (nSPS) is 10.4. The van der Waals surface area contributed by atoms with E-state index in [1.54, 1.807) is 0 Å². The third-order valence-corrected chi connectivity index (χ3v) is 3.01. The lowest BCUT2D eigenvalue weighted by atomic mass is 10.2. The van der Waals surface area contributed by atoms with Gasteiger partial charge in [0.25, 0.3) is 5.56 Å². The van der Waals surface area contributed by atoms with E-state index in [1.165, 1.54) is 16.9 Å². The lowest BCUT2D eigenvalue weighted by molar-refractivity contribution is 0.324. The Labute approximate surface area is 119 Å². The fourth-order valence-electron chi connectivity index (χ4n) is 1.55. The van der Waals surface area contributed by atoms with Crippen molar-refractivity contribution < 1.29 is 4.74 Å². The Balaban J connectivity index is 2.13. The van der Waals surface area contributed by atoms with Crippen LogP contribution in [0.3, 0.4) is 0 Å². The predicted molar refractivity (Wildman–Crippen MR) is 76.3 cm³/mol. The van der Waals surface area contributed by atoms with Crippen LogP contribution in [0.1, 0.15) is 5.56 Å². The molecule has 0 bridgehead atoms. The van der Waals surface area contributed by atoms with Crippen molar-refractivity contribution in [2.45, 2.75) is 6.54 Å². The van der Waals surface area contributed by atoms with E-state index in [1.807, 2.05) is 24.3 Å². The van der Waals surface area contributed by atoms with Gasteiger partial charge in [0.05, 0.1) is 12.7 Å². The molecule has 2 N–H and O–H groups in total. The Hall–Kier alpha value is -1.66. The average Bonchev–Trinajstić information content (AvgIpc) is 2.41. The second-order valence-electron chi connectivity index (χ2n) is 3.95. The maximum atomic E-state index is 11.9. The van der Waals surface area contributed by atoms with Crippen LogP contribution >= 0.6 is 15.9 Å². The van der Waals surface area contributed by atoms with E-state index in [0.29, 0.717) is 25.4 Å². The van der Waals surface area contributed by atoms with Crippen molar-refractivity contribution in [3.63, 3.8) is 0 Å². The van der Waals surface area contributed by atoms with Gasteiger partial charge in [-0.3, -0.25) is 4.79 Å². The molecule has 2 aromatic rings. The van der Waals surface area contributed by atoms with E-state index in [2.05, 4.69) is 21.0 Å². The fraction of sp³-hybridized carbons (Fsp3) is 0.231. The summed E-state index contributed by atoms with van der Waals surface area (Å²) < 4.78 is 7.64. The summed E-state index contributed by atoms with van der Waals surface area (Å²) in [4.78, 5) is 11.9. The quantitative estimate of drug-likeness (QED) is 0.902. The Morgan fingerprint density at radius 3 is 2.68 bits per heavy atom. The molecule has 6 heteroatoms. The van der Waals surface area contributed by atoms with Crippen LogP contribution in [0.25, 0.3) is 0 Å². The summed E-state index contributed by atoms with van der Waals surface area (Å²) in [7, 11) is 0. The monoisotopic (exact) mass is 323 g/mol. The first-order valence-electron chi connectivity index (χ1n) is 5.83. The molecule has 0 saturated heterocycles. The molecule has 5 nitrogen and oxygen atoms in total. The number of rotatable bonds is 5. The molecule has 0 fully saturated rings. The van der Waals surface area contributed by atoms with Crippen LogP contribution in [0.5, 0.6) is 5.75 Å². The highest BCUT2D eigenvalue weighted by Gasteiger charge is 2.02. The molecule has 1 aromatic heterocycles. The molecule has 1 aromatic carbocycles. The van der Waals surface area contributed by atoms with E-state index in [9.17, 15) is 4.79 Å². The van der Waals surface area contributed by atoms with Crippen LogP contribution in [0.15, 0.2) is 45.8 Å². The maximum Gasteiger partial charge on any atom is 0.270 e. The topological polar surface area (TPSA) is 70.1 Å². The number of hydrogen-bond acceptors (Lipinski definition) is 4. The molecular weight excluding hydrogens is 310 g/mol. The Morgan fingerprint density at radius 2 is 2.05 bits per heavy atom. The van der Waals surface area contributed by atoms with E-state index in [0.717, 1.165) is 10.0 Å². The number of aromatic nitrogens is 2. The van der Waals surface area contributed by atoms with Gasteiger partial charge in [-0.2, -0.15) is 5.10 Å². The summed E-state index contributed by atoms with van der Waals surface area (Å²) in [5.74, 6) is 0.447. The third kappa shape index (κ3) is 3.90. The minimum absolute atomic E-state index is 0.197. The number of benzene rings is 1. The molecule has 100 valence electrons. The zero-order valence-corrected chi connectivity index (χ0v) is 11.8. The molecule has 19 heavy (non-hydrogen) atoms. The highest BCUT2D eigenvalue weighted by Crippen LogP contribution is 2.11. The molecule has 0 aliphatic carbocycles. The van der Waals surface area contributed by atoms with Gasteiger partial charge in [-0.05, 0) is 17.7 Å². The van der Waals surface area contributed by atoms with Gasteiger partial charge in [-0.25, -0.2) is 4.68 Å². The molecule has 0 radical (unpaired) electrons. The highest BCUT2D eigenvalue weighted by molar-refractivity contribution is 9.10. The molecule has 0 amide bonds. The lowest BCUT2D eigenvalue weighted by Crippen LogP contribution is -2.23. The predicted octanol–water partition coefficient (Wildman–Crippen LogP) is 1.39. The SMILES string of the molecule is NCCOc1cnn(Cc2ccc(Br)cc2)c(=O)c1. The second-order valence-corrected chi connectivity index (χ2v) is 4.87. The summed E-state index contributed by atoms with van der Waals surface area (Å²) in [5, 5.41) is 4.08. The van der Waals surface area contributed by atoms with Gasteiger partial charge < -0.3 is 10.5 Å². The third-order valence-electron chi connectivity index (χ3n) is 2.48. The minimum atomic E-state index is -0.197. The second kappa shape index (κ2) is 6.49.